The van der Waals surface area contributed by atoms with Crippen LogP contribution in [0.3, 0.4) is 0 Å². The number of sulfonamides is 1. The van der Waals surface area contributed by atoms with Gasteiger partial charge in [-0.05, 0) is 13.1 Å². The van der Waals surface area contributed by atoms with Crippen LogP contribution in [0.4, 0.5) is 5.13 Å². The van der Waals surface area contributed by atoms with E-state index in [0.29, 0.717) is 18.2 Å². The van der Waals surface area contributed by atoms with E-state index in [1.807, 2.05) is 7.05 Å². The van der Waals surface area contributed by atoms with E-state index in [-0.39, 0.29) is 11.4 Å². The maximum Gasteiger partial charge on any atom is 0.251 e. The molecule has 0 saturated heterocycles. The fourth-order valence-corrected chi connectivity index (χ4v) is 5.77. The number of nitrogens with one attached hydrogen (secondary N) is 1. The summed E-state index contributed by atoms with van der Waals surface area (Å²) < 4.78 is 27.7. The maximum atomic E-state index is 12.7. The predicted molar refractivity (Wildman–Crippen MR) is 112 cm³/mol. The maximum absolute atomic E-state index is 12.7. The van der Waals surface area contributed by atoms with Gasteiger partial charge in [0.15, 0.2) is 5.13 Å². The largest absolute Gasteiger partial charge is 0.305 e. The second-order valence-electron chi connectivity index (χ2n) is 6.85. The van der Waals surface area contributed by atoms with Gasteiger partial charge in [0.2, 0.25) is 15.9 Å². The molecule has 2 aromatic rings. The molecule has 1 aliphatic heterocycles. The lowest BCUT2D eigenvalue weighted by Crippen LogP contribution is -2.33. The molecular formula is C18H25N5O4S2. The molecule has 0 saturated carbocycles. The summed E-state index contributed by atoms with van der Waals surface area (Å²) in [6.07, 6.45) is 2.06. The third-order valence-electron chi connectivity index (χ3n) is 4.78. The first-order valence-electron chi connectivity index (χ1n) is 9.42. The standard InChI is InChI=1S/C18H25N5O4S2/c1-4-23(5-2)29(26,27)13-6-7-17(25)22(10-13)12-16(24)20-18-19-14-8-9-21(3)11-15(14)28-18/h6-7,10H,4-5,8-9,11-12H2,1-3H3,(H,19,20,24). The highest BCUT2D eigenvalue weighted by atomic mass is 32.2. The van der Waals surface area contributed by atoms with Crippen molar-refractivity contribution < 1.29 is 13.2 Å². The first-order chi connectivity index (χ1) is 13.7. The average molecular weight is 440 g/mol. The molecule has 1 amide bonds. The van der Waals surface area contributed by atoms with Crippen LogP contribution in [-0.2, 0) is 34.3 Å². The van der Waals surface area contributed by atoms with Crippen molar-refractivity contribution in [2.75, 3.05) is 32.0 Å². The van der Waals surface area contributed by atoms with E-state index < -0.39 is 21.5 Å². The SMILES string of the molecule is CCN(CC)S(=O)(=O)c1ccc(=O)n(CC(=O)Nc2nc3c(s2)CN(C)CC3)c1. The molecule has 0 spiro atoms. The van der Waals surface area contributed by atoms with Crippen LogP contribution >= 0.6 is 11.3 Å². The Labute approximate surface area is 174 Å². The number of carbonyl (C=O) groups is 1. The van der Waals surface area contributed by atoms with Crippen LogP contribution in [0.2, 0.25) is 0 Å². The van der Waals surface area contributed by atoms with Gasteiger partial charge in [-0.25, -0.2) is 13.4 Å². The van der Waals surface area contributed by atoms with Crippen LogP contribution in [0.1, 0.15) is 24.4 Å². The summed E-state index contributed by atoms with van der Waals surface area (Å²) in [5.41, 5.74) is 0.548. The summed E-state index contributed by atoms with van der Waals surface area (Å²) in [5, 5.41) is 3.22. The Hall–Kier alpha value is -2.08. The highest BCUT2D eigenvalue weighted by Crippen LogP contribution is 2.27. The Morgan fingerprint density at radius 3 is 2.72 bits per heavy atom. The van der Waals surface area contributed by atoms with Crippen molar-refractivity contribution in [1.29, 1.82) is 0 Å². The number of aromatic nitrogens is 2. The molecule has 9 nitrogen and oxygen atoms in total. The van der Waals surface area contributed by atoms with Crippen LogP contribution in [-0.4, -0.2) is 59.8 Å². The summed E-state index contributed by atoms with van der Waals surface area (Å²) in [4.78, 5) is 32.4. The molecule has 0 radical (unpaired) electrons. The van der Waals surface area contributed by atoms with Gasteiger partial charge in [0, 0.05) is 49.7 Å². The monoisotopic (exact) mass is 439 g/mol. The lowest BCUT2D eigenvalue weighted by molar-refractivity contribution is -0.116. The third kappa shape index (κ3) is 4.74. The second kappa shape index (κ2) is 8.74. The number of thiazole rings is 1. The van der Waals surface area contributed by atoms with Gasteiger partial charge in [0.1, 0.15) is 6.54 Å². The molecule has 0 aromatic carbocycles. The van der Waals surface area contributed by atoms with Crippen molar-refractivity contribution in [3.63, 3.8) is 0 Å². The quantitative estimate of drug-likeness (QED) is 0.689. The first-order valence-corrected chi connectivity index (χ1v) is 11.7. The van der Waals surface area contributed by atoms with E-state index in [1.165, 1.54) is 34.0 Å². The number of anilines is 1. The number of likely N-dealkylation sites (N-methyl/N-ethyl adjacent to an activating group) is 1. The number of hydrogen-bond donors (Lipinski definition) is 1. The number of nitrogens with zero attached hydrogens (tertiary/aromatic N) is 4. The zero-order valence-electron chi connectivity index (χ0n) is 16.7. The average Bonchev–Trinajstić information content (AvgIpc) is 3.05. The lowest BCUT2D eigenvalue weighted by Gasteiger charge is -2.20. The van der Waals surface area contributed by atoms with Gasteiger partial charge >= 0.3 is 0 Å². The predicted octanol–water partition coefficient (Wildman–Crippen LogP) is 0.962. The number of carbonyl (C=O) groups excluding carboxylic acids is 1. The molecule has 3 heterocycles. The van der Waals surface area contributed by atoms with E-state index in [4.69, 9.17) is 0 Å². The Balaban J connectivity index is 1.76. The normalized spacial score (nSPS) is 14.8. The minimum atomic E-state index is -3.72. The van der Waals surface area contributed by atoms with E-state index in [2.05, 4.69) is 15.2 Å². The second-order valence-corrected chi connectivity index (χ2v) is 9.87. The molecule has 158 valence electrons. The number of hydrogen-bond acceptors (Lipinski definition) is 7. The Morgan fingerprint density at radius 1 is 1.31 bits per heavy atom. The summed E-state index contributed by atoms with van der Waals surface area (Å²) >= 11 is 1.42. The lowest BCUT2D eigenvalue weighted by atomic mass is 10.2. The van der Waals surface area contributed by atoms with Crippen molar-refractivity contribution in [3.05, 3.63) is 39.3 Å². The van der Waals surface area contributed by atoms with Crippen LogP contribution < -0.4 is 10.9 Å². The molecule has 3 rings (SSSR count). The van der Waals surface area contributed by atoms with E-state index in [0.717, 1.165) is 34.6 Å². The summed E-state index contributed by atoms with van der Waals surface area (Å²) in [7, 11) is -1.68. The Morgan fingerprint density at radius 2 is 2.03 bits per heavy atom. The smallest absolute Gasteiger partial charge is 0.251 e. The summed E-state index contributed by atoms with van der Waals surface area (Å²) in [6.45, 7) is 5.57. The van der Waals surface area contributed by atoms with Gasteiger partial charge in [0.05, 0.1) is 10.6 Å². The fraction of sp³-hybridized carbons (Fsp3) is 0.500. The minimum Gasteiger partial charge on any atom is -0.305 e. The molecule has 0 unspecified atom stereocenters. The number of rotatable bonds is 7. The van der Waals surface area contributed by atoms with Crippen LogP contribution in [0.25, 0.3) is 0 Å². The molecule has 29 heavy (non-hydrogen) atoms. The Kier molecular flexibility index (Phi) is 6.52. The van der Waals surface area contributed by atoms with E-state index >= 15 is 0 Å². The number of pyridine rings is 1. The van der Waals surface area contributed by atoms with Crippen LogP contribution in [0, 0.1) is 0 Å². The molecule has 2 aromatic heterocycles. The van der Waals surface area contributed by atoms with Crippen molar-refractivity contribution >= 4 is 32.4 Å². The molecule has 0 atom stereocenters. The van der Waals surface area contributed by atoms with Crippen molar-refractivity contribution in [2.24, 2.45) is 0 Å². The zero-order chi connectivity index (χ0) is 21.2. The third-order valence-corrected chi connectivity index (χ3v) is 7.81. The molecule has 0 aliphatic carbocycles. The zero-order valence-corrected chi connectivity index (χ0v) is 18.3. The molecule has 1 N–H and O–H groups in total. The van der Waals surface area contributed by atoms with E-state index in [9.17, 15) is 18.0 Å². The van der Waals surface area contributed by atoms with Crippen molar-refractivity contribution in [2.45, 2.75) is 38.3 Å². The first kappa shape index (κ1) is 21.6. The summed E-state index contributed by atoms with van der Waals surface area (Å²) in [5.74, 6) is -0.427. The number of fused-ring (bicyclic) bond motifs is 1. The van der Waals surface area contributed by atoms with Gasteiger partial charge in [-0.3, -0.25) is 9.59 Å². The molecule has 0 fully saturated rings. The van der Waals surface area contributed by atoms with Crippen LogP contribution in [0.15, 0.2) is 28.0 Å². The van der Waals surface area contributed by atoms with Gasteiger partial charge in [0.25, 0.3) is 5.56 Å². The van der Waals surface area contributed by atoms with Crippen LogP contribution in [0.5, 0.6) is 0 Å². The molecule has 1 aliphatic rings. The van der Waals surface area contributed by atoms with Gasteiger partial charge in [-0.2, -0.15) is 4.31 Å². The van der Waals surface area contributed by atoms with Gasteiger partial charge in [-0.1, -0.05) is 13.8 Å². The number of amides is 1. The molecule has 11 heteroatoms. The molecule has 0 bridgehead atoms. The highest BCUT2D eigenvalue weighted by Gasteiger charge is 2.23. The van der Waals surface area contributed by atoms with Crippen molar-refractivity contribution in [3.8, 4) is 0 Å². The minimum absolute atomic E-state index is 0.0126. The molecular weight excluding hydrogens is 414 g/mol. The summed E-state index contributed by atoms with van der Waals surface area (Å²) in [6, 6.07) is 2.44. The highest BCUT2D eigenvalue weighted by molar-refractivity contribution is 7.89. The van der Waals surface area contributed by atoms with Gasteiger partial charge in [-0.15, -0.1) is 11.3 Å². The topological polar surface area (TPSA) is 105 Å². The van der Waals surface area contributed by atoms with E-state index in [1.54, 1.807) is 13.8 Å². The van der Waals surface area contributed by atoms with Crippen molar-refractivity contribution in [1.82, 2.24) is 18.8 Å². The fourth-order valence-electron chi connectivity index (χ4n) is 3.19. The Bertz CT molecular complexity index is 1060. The van der Waals surface area contributed by atoms with Gasteiger partial charge < -0.3 is 14.8 Å².